The van der Waals surface area contributed by atoms with E-state index in [-0.39, 0.29) is 24.0 Å². The van der Waals surface area contributed by atoms with Crippen LogP contribution < -0.4 is 10.6 Å². The van der Waals surface area contributed by atoms with Crippen LogP contribution in [0.1, 0.15) is 40.0 Å². The van der Waals surface area contributed by atoms with Gasteiger partial charge in [0.25, 0.3) is 0 Å². The molecule has 0 saturated carbocycles. The number of methoxy groups -OCH3 is 1. The molecule has 0 spiro atoms. The van der Waals surface area contributed by atoms with E-state index in [2.05, 4.69) is 48.3 Å². The molecule has 0 heterocycles. The molecule has 22 heavy (non-hydrogen) atoms. The Labute approximate surface area is 154 Å². The highest BCUT2D eigenvalue weighted by Gasteiger charge is 2.04. The van der Waals surface area contributed by atoms with Gasteiger partial charge < -0.3 is 20.3 Å². The van der Waals surface area contributed by atoms with Gasteiger partial charge in [-0.2, -0.15) is 0 Å². The number of rotatable bonds is 12. The molecule has 0 amide bonds. The molecule has 0 aromatic rings. The minimum Gasteiger partial charge on any atom is -0.385 e. The zero-order valence-corrected chi connectivity index (χ0v) is 17.5. The standard InChI is InChI=1S/C16H36N4O.HI/c1-6-15(7-2)14-19-16(17-8-3)18-10-12-20(4)11-9-13-21-5;/h15H,6-14H2,1-5H3,(H2,17,18,19);1H. The highest BCUT2D eigenvalue weighted by atomic mass is 127. The van der Waals surface area contributed by atoms with Gasteiger partial charge in [0, 0.05) is 46.4 Å². The van der Waals surface area contributed by atoms with Gasteiger partial charge in [-0.15, -0.1) is 24.0 Å². The van der Waals surface area contributed by atoms with Gasteiger partial charge in [-0.1, -0.05) is 26.7 Å². The van der Waals surface area contributed by atoms with Crippen LogP contribution in [0.25, 0.3) is 0 Å². The predicted octanol–water partition coefficient (Wildman–Crippen LogP) is 2.56. The second kappa shape index (κ2) is 17.3. The van der Waals surface area contributed by atoms with E-state index in [1.165, 1.54) is 12.8 Å². The molecule has 2 N–H and O–H groups in total. The monoisotopic (exact) mass is 428 g/mol. The van der Waals surface area contributed by atoms with Crippen LogP contribution in [0.4, 0.5) is 0 Å². The number of nitrogens with zero attached hydrogens (tertiary/aromatic N) is 2. The minimum atomic E-state index is 0. The zero-order valence-electron chi connectivity index (χ0n) is 15.2. The zero-order chi connectivity index (χ0) is 15.9. The van der Waals surface area contributed by atoms with Crippen molar-refractivity contribution >= 4 is 29.9 Å². The summed E-state index contributed by atoms with van der Waals surface area (Å²) in [5.74, 6) is 1.63. The third-order valence-electron chi connectivity index (χ3n) is 3.68. The normalized spacial score (nSPS) is 11.7. The Hall–Kier alpha value is -0.0800. The number of nitrogens with one attached hydrogen (secondary N) is 2. The summed E-state index contributed by atoms with van der Waals surface area (Å²) in [6, 6.07) is 0. The number of guanidine groups is 1. The molecule has 0 rings (SSSR count). The fourth-order valence-corrected chi connectivity index (χ4v) is 2.06. The van der Waals surface area contributed by atoms with Gasteiger partial charge in [0.1, 0.15) is 0 Å². The molecule has 0 aliphatic carbocycles. The molecule has 0 atom stereocenters. The van der Waals surface area contributed by atoms with Crippen LogP contribution in [-0.2, 0) is 4.74 Å². The smallest absolute Gasteiger partial charge is 0.191 e. The molecule has 0 fully saturated rings. The average molecular weight is 428 g/mol. The van der Waals surface area contributed by atoms with Crippen molar-refractivity contribution < 1.29 is 4.74 Å². The van der Waals surface area contributed by atoms with E-state index in [0.29, 0.717) is 5.92 Å². The summed E-state index contributed by atoms with van der Waals surface area (Å²) < 4.78 is 5.07. The van der Waals surface area contributed by atoms with E-state index in [9.17, 15) is 0 Å². The number of halogens is 1. The van der Waals surface area contributed by atoms with Crippen LogP contribution in [0, 0.1) is 5.92 Å². The van der Waals surface area contributed by atoms with Crippen LogP contribution in [0.2, 0.25) is 0 Å². The first-order chi connectivity index (χ1) is 10.2. The number of ether oxygens (including phenoxy) is 1. The van der Waals surface area contributed by atoms with Crippen LogP contribution in [-0.4, -0.2) is 64.3 Å². The highest BCUT2D eigenvalue weighted by molar-refractivity contribution is 14.0. The SMILES string of the molecule is CCNC(=NCC(CC)CC)NCCN(C)CCCOC.I. The Kier molecular flexibility index (Phi) is 19.0. The summed E-state index contributed by atoms with van der Waals surface area (Å²) in [6.45, 7) is 12.2. The molecule has 0 aromatic carbocycles. The highest BCUT2D eigenvalue weighted by Crippen LogP contribution is 2.06. The van der Waals surface area contributed by atoms with Crippen molar-refractivity contribution in [3.05, 3.63) is 0 Å². The summed E-state index contributed by atoms with van der Waals surface area (Å²) in [5.41, 5.74) is 0. The lowest BCUT2D eigenvalue weighted by Gasteiger charge is -2.18. The molecule has 0 saturated heterocycles. The number of aliphatic imine (C=N–C) groups is 1. The Morgan fingerprint density at radius 3 is 2.36 bits per heavy atom. The molecular weight excluding hydrogens is 391 g/mol. The lowest BCUT2D eigenvalue weighted by atomic mass is 10.0. The van der Waals surface area contributed by atoms with Crippen molar-refractivity contribution in [2.24, 2.45) is 10.9 Å². The first-order valence-electron chi connectivity index (χ1n) is 8.37. The largest absolute Gasteiger partial charge is 0.385 e. The van der Waals surface area contributed by atoms with E-state index < -0.39 is 0 Å². The molecule has 0 aliphatic heterocycles. The molecule has 5 nitrogen and oxygen atoms in total. The maximum atomic E-state index is 5.07. The maximum absolute atomic E-state index is 5.07. The van der Waals surface area contributed by atoms with Crippen LogP contribution in [0.5, 0.6) is 0 Å². The topological polar surface area (TPSA) is 48.9 Å². The van der Waals surface area contributed by atoms with Crippen molar-refractivity contribution in [1.82, 2.24) is 15.5 Å². The Balaban J connectivity index is 0. The van der Waals surface area contributed by atoms with E-state index >= 15 is 0 Å². The van der Waals surface area contributed by atoms with Crippen molar-refractivity contribution in [2.75, 3.05) is 53.5 Å². The van der Waals surface area contributed by atoms with Crippen molar-refractivity contribution in [3.63, 3.8) is 0 Å². The molecule has 0 radical (unpaired) electrons. The van der Waals surface area contributed by atoms with Gasteiger partial charge >= 0.3 is 0 Å². The average Bonchev–Trinajstić information content (AvgIpc) is 2.48. The first-order valence-corrected chi connectivity index (χ1v) is 8.37. The summed E-state index contributed by atoms with van der Waals surface area (Å²) in [5, 5.41) is 6.72. The molecule has 6 heteroatoms. The number of hydrogen-bond acceptors (Lipinski definition) is 3. The van der Waals surface area contributed by atoms with E-state index in [0.717, 1.165) is 51.7 Å². The van der Waals surface area contributed by atoms with Gasteiger partial charge in [0.2, 0.25) is 0 Å². The summed E-state index contributed by atoms with van der Waals surface area (Å²) in [6.07, 6.45) is 3.47. The van der Waals surface area contributed by atoms with E-state index in [1.807, 2.05) is 0 Å². The number of hydrogen-bond donors (Lipinski definition) is 2. The second-order valence-corrected chi connectivity index (χ2v) is 5.48. The lowest BCUT2D eigenvalue weighted by Crippen LogP contribution is -2.41. The second-order valence-electron chi connectivity index (χ2n) is 5.48. The molecule has 0 aliphatic rings. The molecule has 0 unspecified atom stereocenters. The van der Waals surface area contributed by atoms with Crippen LogP contribution in [0.3, 0.4) is 0 Å². The van der Waals surface area contributed by atoms with Crippen molar-refractivity contribution in [3.8, 4) is 0 Å². The third-order valence-corrected chi connectivity index (χ3v) is 3.68. The quantitative estimate of drug-likeness (QED) is 0.217. The Morgan fingerprint density at radius 1 is 1.14 bits per heavy atom. The predicted molar refractivity (Wildman–Crippen MR) is 107 cm³/mol. The van der Waals surface area contributed by atoms with Crippen LogP contribution >= 0.6 is 24.0 Å². The number of likely N-dealkylation sites (N-methyl/N-ethyl adjacent to an activating group) is 1. The van der Waals surface area contributed by atoms with Crippen molar-refractivity contribution in [1.29, 1.82) is 0 Å². The fourth-order valence-electron chi connectivity index (χ4n) is 2.06. The van der Waals surface area contributed by atoms with Gasteiger partial charge in [0.15, 0.2) is 5.96 Å². The van der Waals surface area contributed by atoms with Gasteiger partial charge in [-0.3, -0.25) is 4.99 Å². The fraction of sp³-hybridized carbons (Fsp3) is 0.938. The summed E-state index contributed by atoms with van der Waals surface area (Å²) in [7, 11) is 3.90. The Bertz CT molecular complexity index is 261. The molecular formula is C16H37IN4O. The molecule has 134 valence electrons. The van der Waals surface area contributed by atoms with Gasteiger partial charge in [-0.05, 0) is 26.3 Å². The van der Waals surface area contributed by atoms with E-state index in [1.54, 1.807) is 7.11 Å². The lowest BCUT2D eigenvalue weighted by molar-refractivity contribution is 0.180. The van der Waals surface area contributed by atoms with Crippen molar-refractivity contribution in [2.45, 2.75) is 40.0 Å². The summed E-state index contributed by atoms with van der Waals surface area (Å²) >= 11 is 0. The molecule has 0 bridgehead atoms. The summed E-state index contributed by atoms with van der Waals surface area (Å²) in [4.78, 5) is 7.00. The molecule has 0 aromatic heterocycles. The first kappa shape index (κ1) is 24.2. The maximum Gasteiger partial charge on any atom is 0.191 e. The Morgan fingerprint density at radius 2 is 1.82 bits per heavy atom. The van der Waals surface area contributed by atoms with Crippen LogP contribution in [0.15, 0.2) is 4.99 Å². The minimum absolute atomic E-state index is 0. The van der Waals surface area contributed by atoms with Gasteiger partial charge in [0.05, 0.1) is 0 Å². The third kappa shape index (κ3) is 13.6. The van der Waals surface area contributed by atoms with E-state index in [4.69, 9.17) is 4.74 Å². The van der Waals surface area contributed by atoms with Gasteiger partial charge in [-0.25, -0.2) is 0 Å².